The van der Waals surface area contributed by atoms with Gasteiger partial charge in [-0.15, -0.1) is 0 Å². The third-order valence-electron chi connectivity index (χ3n) is 3.00. The third kappa shape index (κ3) is 2.61. The lowest BCUT2D eigenvalue weighted by molar-refractivity contribution is 0.141. The summed E-state index contributed by atoms with van der Waals surface area (Å²) in [5, 5.41) is 2.82. The van der Waals surface area contributed by atoms with Crippen molar-refractivity contribution >= 4 is 6.03 Å². The molecule has 2 atom stereocenters. The van der Waals surface area contributed by atoms with Crippen molar-refractivity contribution in [1.82, 2.24) is 10.2 Å². The van der Waals surface area contributed by atoms with Crippen LogP contribution >= 0.6 is 0 Å². The first kappa shape index (κ1) is 11.3. The molecule has 1 rings (SSSR count). The van der Waals surface area contributed by atoms with Gasteiger partial charge in [0.15, 0.2) is 0 Å². The van der Waals surface area contributed by atoms with Crippen molar-refractivity contribution in [2.75, 3.05) is 26.2 Å². The van der Waals surface area contributed by atoms with Crippen LogP contribution in [0, 0.1) is 11.8 Å². The molecule has 4 nitrogen and oxygen atoms in total. The number of hydrogen-bond acceptors (Lipinski definition) is 2. The Labute approximate surface area is 85.8 Å². The van der Waals surface area contributed by atoms with Gasteiger partial charge in [-0.2, -0.15) is 0 Å². The Balaban J connectivity index is 2.41. The molecule has 2 amide bonds. The van der Waals surface area contributed by atoms with Gasteiger partial charge in [0.2, 0.25) is 0 Å². The number of carbonyl (C=O) groups is 1. The molecule has 82 valence electrons. The third-order valence-corrected chi connectivity index (χ3v) is 3.00. The van der Waals surface area contributed by atoms with E-state index in [0.29, 0.717) is 18.4 Å². The Morgan fingerprint density at radius 3 is 2.86 bits per heavy atom. The van der Waals surface area contributed by atoms with E-state index in [1.807, 2.05) is 11.8 Å². The average Bonchev–Trinajstić information content (AvgIpc) is 2.18. The lowest BCUT2D eigenvalue weighted by atomic mass is 9.87. The molecule has 14 heavy (non-hydrogen) atoms. The van der Waals surface area contributed by atoms with Crippen LogP contribution in [0.2, 0.25) is 0 Å². The fraction of sp³-hybridized carbons (Fsp3) is 0.900. The number of urea groups is 1. The Hall–Kier alpha value is -0.770. The van der Waals surface area contributed by atoms with Crippen LogP contribution in [0.15, 0.2) is 0 Å². The maximum Gasteiger partial charge on any atom is 0.317 e. The zero-order valence-corrected chi connectivity index (χ0v) is 9.12. The van der Waals surface area contributed by atoms with E-state index in [2.05, 4.69) is 12.2 Å². The highest BCUT2D eigenvalue weighted by molar-refractivity contribution is 5.74. The highest BCUT2D eigenvalue weighted by Gasteiger charge is 2.27. The highest BCUT2D eigenvalue weighted by atomic mass is 16.2. The average molecular weight is 199 g/mol. The van der Waals surface area contributed by atoms with Gasteiger partial charge >= 0.3 is 6.03 Å². The Morgan fingerprint density at radius 2 is 2.36 bits per heavy atom. The summed E-state index contributed by atoms with van der Waals surface area (Å²) in [5.74, 6) is 1.11. The lowest BCUT2D eigenvalue weighted by Gasteiger charge is -2.36. The quantitative estimate of drug-likeness (QED) is 0.685. The number of nitrogens with zero attached hydrogens (tertiary/aromatic N) is 1. The van der Waals surface area contributed by atoms with Crippen LogP contribution in [0.25, 0.3) is 0 Å². The second-order valence-corrected chi connectivity index (χ2v) is 4.04. The molecule has 0 aromatic heterocycles. The maximum absolute atomic E-state index is 11.5. The topological polar surface area (TPSA) is 58.4 Å². The van der Waals surface area contributed by atoms with Gasteiger partial charge in [-0.25, -0.2) is 4.79 Å². The molecule has 1 aliphatic rings. The SMILES string of the molecule is CCNC(=O)N1CCC(CN)C(C)C1. The van der Waals surface area contributed by atoms with Crippen LogP contribution in [0.1, 0.15) is 20.3 Å². The predicted molar refractivity (Wildman–Crippen MR) is 57.0 cm³/mol. The number of piperidine rings is 1. The van der Waals surface area contributed by atoms with Crippen LogP contribution in [-0.2, 0) is 0 Å². The zero-order chi connectivity index (χ0) is 10.6. The number of nitrogens with one attached hydrogen (secondary N) is 1. The number of nitrogens with two attached hydrogens (primary N) is 1. The zero-order valence-electron chi connectivity index (χ0n) is 9.12. The van der Waals surface area contributed by atoms with Crippen LogP contribution in [-0.4, -0.2) is 37.1 Å². The van der Waals surface area contributed by atoms with Crippen molar-refractivity contribution in [2.24, 2.45) is 17.6 Å². The molecule has 0 aromatic rings. The van der Waals surface area contributed by atoms with Gasteiger partial charge in [0, 0.05) is 19.6 Å². The summed E-state index contributed by atoms with van der Waals surface area (Å²) in [6, 6.07) is 0.0646. The van der Waals surface area contributed by atoms with Gasteiger partial charge in [-0.05, 0) is 31.7 Å². The van der Waals surface area contributed by atoms with E-state index in [9.17, 15) is 4.79 Å². The number of rotatable bonds is 2. The second kappa shape index (κ2) is 5.20. The maximum atomic E-state index is 11.5. The molecule has 0 bridgehead atoms. The van der Waals surface area contributed by atoms with Crippen molar-refractivity contribution < 1.29 is 4.79 Å². The summed E-state index contributed by atoms with van der Waals surface area (Å²) in [4.78, 5) is 13.4. The smallest absolute Gasteiger partial charge is 0.317 e. The largest absolute Gasteiger partial charge is 0.338 e. The van der Waals surface area contributed by atoms with Crippen LogP contribution in [0.4, 0.5) is 4.79 Å². The molecule has 0 aliphatic carbocycles. The van der Waals surface area contributed by atoms with Crippen LogP contribution < -0.4 is 11.1 Å². The molecule has 0 radical (unpaired) electrons. The number of carbonyl (C=O) groups excluding carboxylic acids is 1. The normalized spacial score (nSPS) is 27.5. The highest BCUT2D eigenvalue weighted by Crippen LogP contribution is 2.21. The first-order valence-electron chi connectivity index (χ1n) is 5.41. The van der Waals surface area contributed by atoms with Gasteiger partial charge in [0.05, 0.1) is 0 Å². The van der Waals surface area contributed by atoms with Crippen molar-refractivity contribution in [3.63, 3.8) is 0 Å². The van der Waals surface area contributed by atoms with Gasteiger partial charge < -0.3 is 16.0 Å². The van der Waals surface area contributed by atoms with Gasteiger partial charge in [0.25, 0.3) is 0 Å². The molecule has 0 saturated carbocycles. The molecular formula is C10H21N3O. The van der Waals surface area contributed by atoms with Crippen molar-refractivity contribution in [2.45, 2.75) is 20.3 Å². The summed E-state index contributed by atoms with van der Waals surface area (Å²) >= 11 is 0. The molecule has 1 saturated heterocycles. The summed E-state index contributed by atoms with van der Waals surface area (Å²) in [7, 11) is 0. The molecule has 2 unspecified atom stereocenters. The molecule has 1 aliphatic heterocycles. The van der Waals surface area contributed by atoms with E-state index < -0.39 is 0 Å². The van der Waals surface area contributed by atoms with E-state index in [-0.39, 0.29) is 6.03 Å². The first-order chi connectivity index (χ1) is 6.69. The van der Waals surface area contributed by atoms with E-state index in [1.165, 1.54) is 0 Å². The second-order valence-electron chi connectivity index (χ2n) is 4.04. The minimum atomic E-state index is 0.0646. The van der Waals surface area contributed by atoms with Crippen molar-refractivity contribution in [1.29, 1.82) is 0 Å². The standard InChI is InChI=1S/C10H21N3O/c1-3-12-10(14)13-5-4-9(6-11)8(2)7-13/h8-9H,3-7,11H2,1-2H3,(H,12,14). The summed E-state index contributed by atoms with van der Waals surface area (Å²) in [6.07, 6.45) is 1.04. The van der Waals surface area contributed by atoms with Gasteiger partial charge in [0.1, 0.15) is 0 Å². The molecule has 1 fully saturated rings. The minimum Gasteiger partial charge on any atom is -0.338 e. The molecule has 1 heterocycles. The van der Waals surface area contributed by atoms with Crippen molar-refractivity contribution in [3.8, 4) is 0 Å². The fourth-order valence-corrected chi connectivity index (χ4v) is 1.99. The number of hydrogen-bond donors (Lipinski definition) is 2. The monoisotopic (exact) mass is 199 g/mol. The molecule has 0 spiro atoms. The molecular weight excluding hydrogens is 178 g/mol. The number of amides is 2. The Morgan fingerprint density at radius 1 is 1.64 bits per heavy atom. The Bertz CT molecular complexity index is 196. The van der Waals surface area contributed by atoms with Crippen LogP contribution in [0.3, 0.4) is 0 Å². The predicted octanol–water partition coefficient (Wildman–Crippen LogP) is 0.633. The first-order valence-corrected chi connectivity index (χ1v) is 5.41. The summed E-state index contributed by atoms with van der Waals surface area (Å²) in [6.45, 7) is 7.23. The van der Waals surface area contributed by atoms with E-state index in [4.69, 9.17) is 5.73 Å². The molecule has 3 N–H and O–H groups in total. The van der Waals surface area contributed by atoms with Crippen molar-refractivity contribution in [3.05, 3.63) is 0 Å². The fourth-order valence-electron chi connectivity index (χ4n) is 1.99. The van der Waals surface area contributed by atoms with Gasteiger partial charge in [-0.3, -0.25) is 0 Å². The molecule has 4 heteroatoms. The summed E-state index contributed by atoms with van der Waals surface area (Å²) in [5.41, 5.74) is 5.65. The lowest BCUT2D eigenvalue weighted by Crippen LogP contribution is -2.48. The Kier molecular flexibility index (Phi) is 4.20. The number of likely N-dealkylation sites (tertiary alicyclic amines) is 1. The van der Waals surface area contributed by atoms with E-state index in [1.54, 1.807) is 0 Å². The van der Waals surface area contributed by atoms with Gasteiger partial charge in [-0.1, -0.05) is 6.92 Å². The summed E-state index contributed by atoms with van der Waals surface area (Å²) < 4.78 is 0. The van der Waals surface area contributed by atoms with Crippen LogP contribution in [0.5, 0.6) is 0 Å². The van der Waals surface area contributed by atoms with E-state index in [0.717, 1.165) is 26.1 Å². The minimum absolute atomic E-state index is 0.0646. The molecule has 0 aromatic carbocycles. The van der Waals surface area contributed by atoms with E-state index >= 15 is 0 Å².